The van der Waals surface area contributed by atoms with E-state index in [2.05, 4.69) is 39.9 Å². The van der Waals surface area contributed by atoms with Crippen LogP contribution < -0.4 is 20.7 Å². The van der Waals surface area contributed by atoms with E-state index in [0.29, 0.717) is 21.7 Å². The minimum absolute atomic E-state index is 0.172. The standard InChI is InChI=1S/C24H30N5O2P/c1-25-24-19(6-4-17-9-12-29(13-10-17)23(30)15-28(2)3)20(8-11-26-24)27-18-5-7-21-22(14-18)32-16-31-21/h4-9,11,14,32H,10,12-13,15-16H2,1-3H3,(H2,25,26,27)/b6-4+. The van der Waals surface area contributed by atoms with Crippen molar-refractivity contribution < 1.29 is 9.53 Å². The number of pyridine rings is 1. The second-order valence-corrected chi connectivity index (χ2v) is 9.29. The number of fused-ring (bicyclic) bond motifs is 1. The molecule has 3 heterocycles. The highest BCUT2D eigenvalue weighted by Crippen LogP contribution is 2.32. The van der Waals surface area contributed by atoms with Crippen molar-refractivity contribution in [2.45, 2.75) is 6.42 Å². The summed E-state index contributed by atoms with van der Waals surface area (Å²) in [5.74, 6) is 1.98. The first-order valence-corrected chi connectivity index (χ1v) is 12.0. The Morgan fingerprint density at radius 3 is 2.94 bits per heavy atom. The summed E-state index contributed by atoms with van der Waals surface area (Å²) in [6.45, 7) is 1.85. The Morgan fingerprint density at radius 1 is 1.31 bits per heavy atom. The normalized spacial score (nSPS) is 16.2. The molecule has 1 aromatic carbocycles. The van der Waals surface area contributed by atoms with Gasteiger partial charge in [0.05, 0.1) is 12.2 Å². The topological polar surface area (TPSA) is 69.7 Å². The number of ether oxygens (including phenoxy) is 1. The molecule has 2 N–H and O–H groups in total. The van der Waals surface area contributed by atoms with Crippen LogP contribution in [0.25, 0.3) is 6.08 Å². The molecule has 2 aliphatic rings. The Morgan fingerprint density at radius 2 is 2.19 bits per heavy atom. The molecule has 0 fully saturated rings. The van der Waals surface area contributed by atoms with Crippen molar-refractivity contribution in [1.29, 1.82) is 0 Å². The molecule has 1 aromatic heterocycles. The minimum atomic E-state index is 0.172. The highest BCUT2D eigenvalue weighted by Gasteiger charge is 2.17. The Kier molecular flexibility index (Phi) is 7.08. The molecule has 0 spiro atoms. The van der Waals surface area contributed by atoms with Crippen molar-refractivity contribution in [1.82, 2.24) is 14.8 Å². The van der Waals surface area contributed by atoms with E-state index in [-0.39, 0.29) is 5.91 Å². The molecule has 0 saturated carbocycles. The number of hydrogen-bond acceptors (Lipinski definition) is 6. The van der Waals surface area contributed by atoms with Gasteiger partial charge in [0, 0.05) is 42.9 Å². The zero-order valence-electron chi connectivity index (χ0n) is 18.8. The number of anilines is 3. The van der Waals surface area contributed by atoms with Crippen LogP contribution in [0, 0.1) is 0 Å². The molecule has 32 heavy (non-hydrogen) atoms. The zero-order valence-corrected chi connectivity index (χ0v) is 19.8. The Bertz CT molecular complexity index is 1050. The number of benzene rings is 1. The Labute approximate surface area is 191 Å². The van der Waals surface area contributed by atoms with E-state index in [1.54, 1.807) is 6.20 Å². The van der Waals surface area contributed by atoms with Gasteiger partial charge in [0.15, 0.2) is 0 Å². The van der Waals surface area contributed by atoms with Crippen LogP contribution in [0.3, 0.4) is 0 Å². The molecule has 1 unspecified atom stereocenters. The molecule has 0 bridgehead atoms. The SMILES string of the molecule is CNc1nccc(Nc2ccc3c(c2)PCO3)c1/C=C/C1=CCN(C(=O)CN(C)C)CC1. The third-order valence-corrected chi connectivity index (χ3v) is 6.55. The number of allylic oxidation sites excluding steroid dienone is 1. The molecule has 2 aliphatic heterocycles. The number of nitrogens with one attached hydrogen (secondary N) is 2. The van der Waals surface area contributed by atoms with E-state index < -0.39 is 0 Å². The third-order valence-electron chi connectivity index (χ3n) is 5.49. The molecular weight excluding hydrogens is 421 g/mol. The highest BCUT2D eigenvalue weighted by atomic mass is 31.1. The first kappa shape index (κ1) is 22.3. The van der Waals surface area contributed by atoms with E-state index in [0.717, 1.165) is 47.8 Å². The van der Waals surface area contributed by atoms with Gasteiger partial charge < -0.3 is 25.2 Å². The summed E-state index contributed by atoms with van der Waals surface area (Å²) in [5, 5.41) is 8.00. The van der Waals surface area contributed by atoms with Crippen LogP contribution in [0.4, 0.5) is 17.2 Å². The lowest BCUT2D eigenvalue weighted by molar-refractivity contribution is -0.131. The van der Waals surface area contributed by atoms with Crippen molar-refractivity contribution in [2.75, 3.05) is 57.8 Å². The first-order valence-electron chi connectivity index (χ1n) is 10.8. The molecule has 168 valence electrons. The predicted molar refractivity (Wildman–Crippen MR) is 134 cm³/mol. The van der Waals surface area contributed by atoms with Crippen LogP contribution in [-0.4, -0.2) is 67.8 Å². The maximum absolute atomic E-state index is 12.3. The van der Waals surface area contributed by atoms with Gasteiger partial charge in [-0.15, -0.1) is 0 Å². The zero-order chi connectivity index (χ0) is 22.5. The van der Waals surface area contributed by atoms with E-state index in [4.69, 9.17) is 4.74 Å². The number of likely N-dealkylation sites (N-methyl/N-ethyl adjacent to an activating group) is 1. The quantitative estimate of drug-likeness (QED) is 0.630. The van der Waals surface area contributed by atoms with Crippen LogP contribution in [0.1, 0.15) is 12.0 Å². The van der Waals surface area contributed by atoms with Gasteiger partial charge in [-0.1, -0.05) is 12.2 Å². The molecule has 7 nitrogen and oxygen atoms in total. The summed E-state index contributed by atoms with van der Waals surface area (Å²) in [6, 6.07) is 8.23. The molecule has 4 rings (SSSR count). The largest absolute Gasteiger partial charge is 0.488 e. The highest BCUT2D eigenvalue weighted by molar-refractivity contribution is 7.47. The third kappa shape index (κ3) is 5.29. The van der Waals surface area contributed by atoms with Crippen molar-refractivity contribution in [3.8, 4) is 5.75 Å². The lowest BCUT2D eigenvalue weighted by Gasteiger charge is -2.27. The van der Waals surface area contributed by atoms with Crippen LogP contribution in [0.15, 0.2) is 48.2 Å². The minimum Gasteiger partial charge on any atom is -0.488 e. The van der Waals surface area contributed by atoms with Crippen molar-refractivity contribution in [3.63, 3.8) is 0 Å². The Balaban J connectivity index is 1.50. The summed E-state index contributed by atoms with van der Waals surface area (Å²) in [4.78, 5) is 20.6. The van der Waals surface area contributed by atoms with Gasteiger partial charge in [-0.2, -0.15) is 0 Å². The van der Waals surface area contributed by atoms with Crippen LogP contribution in [0.2, 0.25) is 0 Å². The molecule has 8 heteroatoms. The Hall–Kier alpha value is -2.89. The number of carbonyl (C=O) groups is 1. The number of rotatable bonds is 7. The van der Waals surface area contributed by atoms with Gasteiger partial charge in [-0.05, 0) is 65.0 Å². The molecule has 2 aromatic rings. The number of nitrogens with zero attached hydrogens (tertiary/aromatic N) is 3. The van der Waals surface area contributed by atoms with Gasteiger partial charge in [-0.3, -0.25) is 4.79 Å². The van der Waals surface area contributed by atoms with Crippen molar-refractivity contribution >= 4 is 43.1 Å². The average molecular weight is 452 g/mol. The maximum atomic E-state index is 12.3. The monoisotopic (exact) mass is 451 g/mol. The second-order valence-electron chi connectivity index (χ2n) is 8.11. The molecular formula is C24H30N5O2P. The predicted octanol–water partition coefficient (Wildman–Crippen LogP) is 3.25. The van der Waals surface area contributed by atoms with Crippen LogP contribution in [0.5, 0.6) is 5.75 Å². The van der Waals surface area contributed by atoms with Gasteiger partial charge >= 0.3 is 0 Å². The average Bonchev–Trinajstić information content (AvgIpc) is 3.26. The van der Waals surface area contributed by atoms with Gasteiger partial charge in [0.2, 0.25) is 5.91 Å². The fraction of sp³-hybridized carbons (Fsp3) is 0.333. The smallest absolute Gasteiger partial charge is 0.237 e. The van der Waals surface area contributed by atoms with E-state index >= 15 is 0 Å². The fourth-order valence-corrected chi connectivity index (χ4v) is 4.76. The second kappa shape index (κ2) is 10.2. The maximum Gasteiger partial charge on any atom is 0.237 e. The van der Waals surface area contributed by atoms with Crippen LogP contribution in [-0.2, 0) is 4.79 Å². The molecule has 1 atom stereocenters. The van der Waals surface area contributed by atoms with Crippen molar-refractivity contribution in [2.24, 2.45) is 0 Å². The first-order chi connectivity index (χ1) is 15.5. The molecule has 0 radical (unpaired) electrons. The van der Waals surface area contributed by atoms with Gasteiger partial charge in [0.1, 0.15) is 17.9 Å². The van der Waals surface area contributed by atoms with E-state index in [1.807, 2.05) is 49.1 Å². The summed E-state index contributed by atoms with van der Waals surface area (Å²) in [5.41, 5.74) is 4.26. The summed E-state index contributed by atoms with van der Waals surface area (Å²) in [6.07, 6.45) is 9.80. The van der Waals surface area contributed by atoms with Crippen LogP contribution >= 0.6 is 8.58 Å². The number of hydrogen-bond donors (Lipinski definition) is 2. The summed E-state index contributed by atoms with van der Waals surface area (Å²) in [7, 11) is 6.41. The lowest BCUT2D eigenvalue weighted by Crippen LogP contribution is -2.40. The van der Waals surface area contributed by atoms with Gasteiger partial charge in [-0.25, -0.2) is 4.98 Å². The molecule has 1 amide bonds. The lowest BCUT2D eigenvalue weighted by atomic mass is 10.1. The van der Waals surface area contributed by atoms with Gasteiger partial charge in [0.25, 0.3) is 0 Å². The number of carbonyl (C=O) groups excluding carboxylic acids is 1. The summed E-state index contributed by atoms with van der Waals surface area (Å²) >= 11 is 0. The fourth-order valence-electron chi connectivity index (χ4n) is 3.79. The van der Waals surface area contributed by atoms with Crippen molar-refractivity contribution in [3.05, 3.63) is 53.8 Å². The number of aromatic nitrogens is 1. The molecule has 0 saturated heterocycles. The van der Waals surface area contributed by atoms with E-state index in [1.165, 1.54) is 10.9 Å². The molecule has 0 aliphatic carbocycles. The van der Waals surface area contributed by atoms with E-state index in [9.17, 15) is 4.79 Å². The summed E-state index contributed by atoms with van der Waals surface area (Å²) < 4.78 is 5.63. The number of amides is 1.